The lowest BCUT2D eigenvalue weighted by molar-refractivity contribution is 0.720. The highest BCUT2D eigenvalue weighted by atomic mass is 32.2. The van der Waals surface area contributed by atoms with Crippen LogP contribution < -0.4 is 5.32 Å². The maximum Gasteiger partial charge on any atom is 0.0417 e. The van der Waals surface area contributed by atoms with E-state index in [0.717, 1.165) is 0 Å². The van der Waals surface area contributed by atoms with Crippen LogP contribution >= 0.6 is 11.8 Å². The summed E-state index contributed by atoms with van der Waals surface area (Å²) < 4.78 is 0. The van der Waals surface area contributed by atoms with Gasteiger partial charge in [-0.3, -0.25) is 0 Å². The zero-order valence-corrected chi connectivity index (χ0v) is 7.26. The average Bonchev–Trinajstić information content (AvgIpc) is 2.21. The Kier molecular flexibility index (Phi) is 8.60. The van der Waals surface area contributed by atoms with Gasteiger partial charge in [-0.15, -0.1) is 11.8 Å². The van der Waals surface area contributed by atoms with E-state index in [1.165, 1.54) is 31.0 Å². The molecule has 1 heterocycles. The minimum Gasteiger partial charge on any atom is -0.308 e. The standard InChI is InChI=1S/C5H11NS.C2H6/c1-2-4-7-5-6-3-1;1-2/h6H,1-5H2;1-2H3. The van der Waals surface area contributed by atoms with Gasteiger partial charge in [-0.05, 0) is 25.1 Å². The number of hydrogen-bond donors (Lipinski definition) is 1. The van der Waals surface area contributed by atoms with Gasteiger partial charge in [-0.1, -0.05) is 13.8 Å². The minimum atomic E-state index is 1.17. The molecule has 1 nitrogen and oxygen atoms in total. The monoisotopic (exact) mass is 147 g/mol. The van der Waals surface area contributed by atoms with E-state index in [-0.39, 0.29) is 0 Å². The summed E-state index contributed by atoms with van der Waals surface area (Å²) in [5.74, 6) is 2.52. The molecule has 2 heteroatoms. The third kappa shape index (κ3) is 6.19. The van der Waals surface area contributed by atoms with Gasteiger partial charge in [-0.25, -0.2) is 0 Å². The number of hydrogen-bond acceptors (Lipinski definition) is 2. The van der Waals surface area contributed by atoms with Gasteiger partial charge in [0.2, 0.25) is 0 Å². The van der Waals surface area contributed by atoms with Crippen molar-refractivity contribution in [3.63, 3.8) is 0 Å². The second kappa shape index (κ2) is 8.31. The maximum atomic E-state index is 3.31. The topological polar surface area (TPSA) is 12.0 Å². The van der Waals surface area contributed by atoms with E-state index in [2.05, 4.69) is 5.32 Å². The molecule has 1 aliphatic heterocycles. The summed E-state index contributed by atoms with van der Waals surface area (Å²) in [4.78, 5) is 0. The Morgan fingerprint density at radius 2 is 2.00 bits per heavy atom. The molecule has 1 saturated heterocycles. The molecule has 0 aromatic heterocycles. The first kappa shape index (κ1) is 9.31. The molecule has 56 valence electrons. The maximum absolute atomic E-state index is 3.31. The van der Waals surface area contributed by atoms with Gasteiger partial charge in [0.15, 0.2) is 0 Å². The molecule has 0 aromatic rings. The first-order valence-electron chi connectivity index (χ1n) is 3.78. The van der Waals surface area contributed by atoms with Crippen molar-refractivity contribution in [2.75, 3.05) is 18.2 Å². The fourth-order valence-corrected chi connectivity index (χ4v) is 1.51. The quantitative estimate of drug-likeness (QED) is 0.563. The third-order valence-electron chi connectivity index (χ3n) is 1.10. The van der Waals surface area contributed by atoms with E-state index in [9.17, 15) is 0 Å². The molecule has 1 aliphatic rings. The van der Waals surface area contributed by atoms with Crippen molar-refractivity contribution in [2.24, 2.45) is 0 Å². The summed E-state index contributed by atoms with van der Waals surface area (Å²) in [6.07, 6.45) is 2.77. The molecule has 0 aromatic carbocycles. The minimum absolute atomic E-state index is 1.17. The fraction of sp³-hybridized carbons (Fsp3) is 1.00. The van der Waals surface area contributed by atoms with Crippen molar-refractivity contribution >= 4 is 11.8 Å². The summed E-state index contributed by atoms with van der Waals surface area (Å²) in [7, 11) is 0. The van der Waals surface area contributed by atoms with Crippen LogP contribution in [0.4, 0.5) is 0 Å². The predicted octanol–water partition coefficient (Wildman–Crippen LogP) is 2.09. The lowest BCUT2D eigenvalue weighted by Gasteiger charge is -1.91. The summed E-state index contributed by atoms with van der Waals surface area (Å²) in [5.41, 5.74) is 0. The number of nitrogens with one attached hydrogen (secondary N) is 1. The van der Waals surface area contributed by atoms with Gasteiger partial charge < -0.3 is 5.32 Å². The summed E-state index contributed by atoms with van der Waals surface area (Å²) in [6.45, 7) is 5.23. The SMILES string of the molecule is C1CCSCNC1.CC. The van der Waals surface area contributed by atoms with Crippen LogP contribution in [0, 0.1) is 0 Å². The van der Waals surface area contributed by atoms with E-state index >= 15 is 0 Å². The highest BCUT2D eigenvalue weighted by Gasteiger charge is 1.94. The van der Waals surface area contributed by atoms with Crippen LogP contribution in [-0.4, -0.2) is 18.2 Å². The normalized spacial score (nSPS) is 19.3. The van der Waals surface area contributed by atoms with E-state index < -0.39 is 0 Å². The van der Waals surface area contributed by atoms with Crippen LogP contribution in [0.15, 0.2) is 0 Å². The molecule has 0 atom stereocenters. The molecule has 0 bridgehead atoms. The van der Waals surface area contributed by atoms with Crippen molar-refractivity contribution in [1.29, 1.82) is 0 Å². The molecule has 9 heavy (non-hydrogen) atoms. The van der Waals surface area contributed by atoms with Crippen LogP contribution in [0.25, 0.3) is 0 Å². The Bertz CT molecular complexity index is 28.5. The molecular weight excluding hydrogens is 130 g/mol. The summed E-state index contributed by atoms with van der Waals surface area (Å²) in [6, 6.07) is 0. The smallest absolute Gasteiger partial charge is 0.0417 e. The van der Waals surface area contributed by atoms with Gasteiger partial charge in [0, 0.05) is 5.88 Å². The van der Waals surface area contributed by atoms with Crippen LogP contribution in [0.1, 0.15) is 26.7 Å². The largest absolute Gasteiger partial charge is 0.308 e. The summed E-state index contributed by atoms with van der Waals surface area (Å²) in [5, 5.41) is 3.31. The Morgan fingerprint density at radius 3 is 2.78 bits per heavy atom. The van der Waals surface area contributed by atoms with Crippen molar-refractivity contribution in [3.8, 4) is 0 Å². The zero-order chi connectivity index (χ0) is 6.95. The van der Waals surface area contributed by atoms with Crippen molar-refractivity contribution in [1.82, 2.24) is 5.32 Å². The van der Waals surface area contributed by atoms with Gasteiger partial charge in [0.05, 0.1) is 0 Å². The van der Waals surface area contributed by atoms with E-state index in [0.29, 0.717) is 0 Å². The summed E-state index contributed by atoms with van der Waals surface area (Å²) >= 11 is 2.00. The zero-order valence-electron chi connectivity index (χ0n) is 6.44. The van der Waals surface area contributed by atoms with Crippen LogP contribution in [-0.2, 0) is 0 Å². The van der Waals surface area contributed by atoms with E-state index in [4.69, 9.17) is 0 Å². The molecule has 0 saturated carbocycles. The van der Waals surface area contributed by atoms with Crippen LogP contribution in [0.3, 0.4) is 0 Å². The number of thioether (sulfide) groups is 1. The van der Waals surface area contributed by atoms with Gasteiger partial charge in [-0.2, -0.15) is 0 Å². The van der Waals surface area contributed by atoms with Crippen molar-refractivity contribution in [2.45, 2.75) is 26.7 Å². The van der Waals surface area contributed by atoms with Crippen molar-refractivity contribution < 1.29 is 0 Å². The van der Waals surface area contributed by atoms with Gasteiger partial charge in [0.25, 0.3) is 0 Å². The number of rotatable bonds is 0. The Labute approximate surface area is 62.6 Å². The highest BCUT2D eigenvalue weighted by Crippen LogP contribution is 2.05. The lowest BCUT2D eigenvalue weighted by Crippen LogP contribution is -2.10. The third-order valence-corrected chi connectivity index (χ3v) is 2.08. The Morgan fingerprint density at radius 1 is 1.22 bits per heavy atom. The van der Waals surface area contributed by atoms with Gasteiger partial charge >= 0.3 is 0 Å². The molecule has 0 aliphatic carbocycles. The fourth-order valence-electron chi connectivity index (χ4n) is 0.671. The first-order chi connectivity index (χ1) is 4.50. The van der Waals surface area contributed by atoms with Crippen molar-refractivity contribution in [3.05, 3.63) is 0 Å². The second-order valence-corrected chi connectivity index (χ2v) is 2.86. The highest BCUT2D eigenvalue weighted by molar-refractivity contribution is 7.99. The van der Waals surface area contributed by atoms with Crippen LogP contribution in [0.5, 0.6) is 0 Å². The molecule has 1 fully saturated rings. The second-order valence-electron chi connectivity index (χ2n) is 1.76. The molecule has 0 spiro atoms. The first-order valence-corrected chi connectivity index (χ1v) is 4.94. The molecule has 1 N–H and O–H groups in total. The van der Waals surface area contributed by atoms with E-state index in [1.807, 2.05) is 25.6 Å². The lowest BCUT2D eigenvalue weighted by atomic mass is 10.3. The van der Waals surface area contributed by atoms with Crippen LogP contribution in [0.2, 0.25) is 0 Å². The van der Waals surface area contributed by atoms with Gasteiger partial charge in [0.1, 0.15) is 0 Å². The average molecular weight is 147 g/mol. The molecular formula is C7H17NS. The molecule has 1 rings (SSSR count). The Balaban J connectivity index is 0.000000291. The predicted molar refractivity (Wildman–Crippen MR) is 45.9 cm³/mol. The molecule has 0 amide bonds. The Hall–Kier alpha value is 0.310. The molecule has 0 unspecified atom stereocenters. The molecule has 0 radical (unpaired) electrons. The van der Waals surface area contributed by atoms with E-state index in [1.54, 1.807) is 0 Å².